The van der Waals surface area contributed by atoms with E-state index < -0.39 is 36.4 Å². The van der Waals surface area contributed by atoms with Crippen LogP contribution in [0.1, 0.15) is 12.8 Å². The maximum atomic E-state index is 10.3. The van der Waals surface area contributed by atoms with Crippen LogP contribution in [0.15, 0.2) is 0 Å². The molecule has 14 heavy (non-hydrogen) atoms. The number of carboxylic acid groups (broad SMARTS) is 3. The van der Waals surface area contributed by atoms with Gasteiger partial charge in [-0.05, 0) is 0 Å². The molecule has 0 aliphatic carbocycles. The van der Waals surface area contributed by atoms with E-state index >= 15 is 0 Å². The van der Waals surface area contributed by atoms with Crippen molar-refractivity contribution < 1.29 is 72.5 Å². The second-order valence-corrected chi connectivity index (χ2v) is 2.48. The van der Waals surface area contributed by atoms with Gasteiger partial charge in [-0.25, -0.2) is 4.79 Å². The zero-order chi connectivity index (χ0) is 10.6. The fourth-order valence-corrected chi connectivity index (χ4v) is 0.714. The normalized spacial score (nSPS) is 10.1. The summed E-state index contributed by atoms with van der Waals surface area (Å²) in [6.45, 7) is 0. The average molecular weight is 232 g/mol. The van der Waals surface area contributed by atoms with Crippen LogP contribution in [0, 0.1) is 37.7 Å². The van der Waals surface area contributed by atoms with Gasteiger partial charge < -0.3 is 20.4 Å². The van der Waals surface area contributed by atoms with Crippen LogP contribution >= 0.6 is 0 Å². The molecule has 4 N–H and O–H groups in total. The van der Waals surface area contributed by atoms with Gasteiger partial charge in [0.1, 0.15) is 0 Å². The van der Waals surface area contributed by atoms with Gasteiger partial charge in [-0.3, -0.25) is 9.59 Å². The molecule has 8 heteroatoms. The van der Waals surface area contributed by atoms with Crippen molar-refractivity contribution in [2.75, 3.05) is 0 Å². The molecule has 0 unspecified atom stereocenters. The Labute approximate surface area is 108 Å². The van der Waals surface area contributed by atoms with Crippen LogP contribution in [-0.2, 0) is 14.4 Å². The van der Waals surface area contributed by atoms with Crippen LogP contribution < -0.4 is 0 Å². The molecule has 0 saturated carbocycles. The molecule has 0 radical (unpaired) electrons. The van der Waals surface area contributed by atoms with E-state index in [0.29, 0.717) is 0 Å². The van der Waals surface area contributed by atoms with Crippen LogP contribution in [0.2, 0.25) is 0 Å². The Balaban J connectivity index is 0. The van der Waals surface area contributed by atoms with E-state index in [1.807, 2.05) is 0 Å². The second-order valence-electron chi connectivity index (χ2n) is 2.48. The predicted molar refractivity (Wildman–Crippen MR) is 37.1 cm³/mol. The molecule has 0 amide bonds. The zero-order valence-corrected chi connectivity index (χ0v) is 7.49. The third-order valence-electron chi connectivity index (χ3n) is 1.29. The minimum absolute atomic E-state index is 0. The number of carbonyl (C=O) groups is 3. The summed E-state index contributed by atoms with van der Waals surface area (Å²) in [5.74, 6) is -5.02. The number of hydrogen-bond donors (Lipinski definition) is 4. The molecule has 0 bridgehead atoms. The van der Waals surface area contributed by atoms with Gasteiger partial charge in [0.25, 0.3) is 0 Å². The Morgan fingerprint density at radius 3 is 1.36 bits per heavy atom. The quantitative estimate of drug-likeness (QED) is 0.465. The molecule has 0 saturated heterocycles. The van der Waals surface area contributed by atoms with Crippen LogP contribution in [-0.4, -0.2) is 43.9 Å². The first kappa shape index (κ1) is 16.1. The summed E-state index contributed by atoms with van der Waals surface area (Å²) >= 11 is 0. The Morgan fingerprint density at radius 1 is 0.929 bits per heavy atom. The third kappa shape index (κ3) is 5.38. The molecule has 7 nitrogen and oxygen atoms in total. The van der Waals surface area contributed by atoms with Crippen molar-refractivity contribution in [1.29, 1.82) is 0 Å². The first-order valence-electron chi connectivity index (χ1n) is 3.17. The van der Waals surface area contributed by atoms with Crippen LogP contribution in [0.5, 0.6) is 0 Å². The molecular weight excluding hydrogens is 224 g/mol. The Hall–Kier alpha value is -0.370. The Kier molecular flexibility index (Phi) is 7.09. The summed E-state index contributed by atoms with van der Waals surface area (Å²) in [6, 6.07) is 0. The molecule has 0 rings (SSSR count). The van der Waals surface area contributed by atoms with Crippen molar-refractivity contribution in [3.05, 3.63) is 0 Å². The summed E-state index contributed by atoms with van der Waals surface area (Å²) < 4.78 is 0. The van der Waals surface area contributed by atoms with Crippen molar-refractivity contribution in [2.24, 2.45) is 0 Å². The van der Waals surface area contributed by atoms with E-state index in [1.165, 1.54) is 0 Å². The summed E-state index contributed by atoms with van der Waals surface area (Å²) in [5.41, 5.74) is -2.74. The topological polar surface area (TPSA) is 132 Å². The van der Waals surface area contributed by atoms with Gasteiger partial charge in [-0.1, -0.05) is 0 Å². The fourth-order valence-electron chi connectivity index (χ4n) is 0.714. The van der Waals surface area contributed by atoms with E-state index in [0.717, 1.165) is 0 Å². The average Bonchev–Trinajstić information content (AvgIpc) is 1.82. The summed E-state index contributed by atoms with van der Waals surface area (Å²) in [4.78, 5) is 30.5. The van der Waals surface area contributed by atoms with Crippen LogP contribution in [0.3, 0.4) is 0 Å². The number of carboxylic acids is 3. The minimum Gasteiger partial charge on any atom is -0.481 e. The van der Waals surface area contributed by atoms with Crippen LogP contribution in [0.4, 0.5) is 0 Å². The molecule has 82 valence electrons. The molecular formula is C6H8ArO7. The van der Waals surface area contributed by atoms with Crippen molar-refractivity contribution >= 4 is 17.9 Å². The maximum absolute atomic E-state index is 10.3. The van der Waals surface area contributed by atoms with E-state index in [-0.39, 0.29) is 37.7 Å². The van der Waals surface area contributed by atoms with Gasteiger partial charge in [0.05, 0.1) is 12.8 Å². The summed E-state index contributed by atoms with van der Waals surface area (Å²) in [5, 5.41) is 33.8. The van der Waals surface area contributed by atoms with Gasteiger partial charge in [0.2, 0.25) is 0 Å². The number of rotatable bonds is 5. The minimum atomic E-state index is -2.74. The second kappa shape index (κ2) is 6.18. The Morgan fingerprint density at radius 2 is 1.21 bits per heavy atom. The molecule has 0 aromatic heterocycles. The van der Waals surface area contributed by atoms with Gasteiger partial charge in [-0.2, -0.15) is 0 Å². The van der Waals surface area contributed by atoms with Crippen molar-refractivity contribution in [1.82, 2.24) is 0 Å². The Bertz CT molecular complexity index is 233. The van der Waals surface area contributed by atoms with Crippen molar-refractivity contribution in [3.8, 4) is 0 Å². The standard InChI is InChI=1S/C6H8O7.Ar/c7-3(8)1-6(13,5(11)12)2-4(9)10;/h13H,1-2H2,(H,7,8)(H,9,10)(H,11,12);. The third-order valence-corrected chi connectivity index (χ3v) is 1.29. The first-order chi connectivity index (χ1) is 5.78. The molecule has 0 fully saturated rings. The van der Waals surface area contributed by atoms with Crippen LogP contribution in [0.25, 0.3) is 0 Å². The van der Waals surface area contributed by atoms with Gasteiger partial charge in [0, 0.05) is 37.7 Å². The SMILES string of the molecule is O=C(O)CC(O)(CC(=O)O)C(=O)O.[Ar]. The number of aliphatic carboxylic acids is 3. The molecule has 0 aliphatic rings. The largest absolute Gasteiger partial charge is 0.481 e. The monoisotopic (exact) mass is 232 g/mol. The number of hydrogen-bond acceptors (Lipinski definition) is 4. The van der Waals surface area contributed by atoms with Gasteiger partial charge in [-0.15, -0.1) is 0 Å². The van der Waals surface area contributed by atoms with E-state index in [9.17, 15) is 14.4 Å². The molecule has 0 aliphatic heterocycles. The fraction of sp³-hybridized carbons (Fsp3) is 0.500. The summed E-state index contributed by atoms with van der Waals surface area (Å²) in [6.07, 6.45) is -2.29. The van der Waals surface area contributed by atoms with Crippen molar-refractivity contribution in [3.63, 3.8) is 0 Å². The summed E-state index contributed by atoms with van der Waals surface area (Å²) in [7, 11) is 0. The van der Waals surface area contributed by atoms with E-state index in [2.05, 4.69) is 0 Å². The van der Waals surface area contributed by atoms with E-state index in [4.69, 9.17) is 20.4 Å². The molecule has 0 heterocycles. The predicted octanol–water partition coefficient (Wildman–Crippen LogP) is -1.25. The smallest absolute Gasteiger partial charge is 0.336 e. The first-order valence-corrected chi connectivity index (χ1v) is 3.17. The molecule has 0 spiro atoms. The zero-order valence-electron chi connectivity index (χ0n) is 6.78. The molecule has 0 aromatic carbocycles. The van der Waals surface area contributed by atoms with Gasteiger partial charge >= 0.3 is 17.9 Å². The molecule has 0 aromatic rings. The maximum Gasteiger partial charge on any atom is 0.336 e. The van der Waals surface area contributed by atoms with Crippen molar-refractivity contribution in [2.45, 2.75) is 18.4 Å². The molecule has 0 atom stereocenters. The van der Waals surface area contributed by atoms with Gasteiger partial charge in [0.15, 0.2) is 5.60 Å². The van der Waals surface area contributed by atoms with E-state index in [1.54, 1.807) is 0 Å². The number of aliphatic hydroxyl groups is 1.